The van der Waals surface area contributed by atoms with Crippen LogP contribution in [0, 0.1) is 0 Å². The summed E-state index contributed by atoms with van der Waals surface area (Å²) in [6.45, 7) is 5.18. The lowest BCUT2D eigenvalue weighted by atomic mass is 10.2. The highest BCUT2D eigenvalue weighted by Gasteiger charge is 2.27. The number of thioether (sulfide) groups is 1. The number of nitrogens with two attached hydrogens (primary N) is 1. The largest absolute Gasteiger partial charge is 0.383 e. The predicted octanol–water partition coefficient (Wildman–Crippen LogP) is 2.91. The fourth-order valence-corrected chi connectivity index (χ4v) is 5.26. The molecular formula is C25H29N5O3S. The van der Waals surface area contributed by atoms with E-state index in [0.29, 0.717) is 18.3 Å². The molecule has 1 aliphatic rings. The van der Waals surface area contributed by atoms with Crippen LogP contribution in [0.25, 0.3) is 0 Å². The first-order chi connectivity index (χ1) is 16.4. The van der Waals surface area contributed by atoms with Crippen molar-refractivity contribution < 1.29 is 4.79 Å². The Labute approximate surface area is 202 Å². The number of hydrogen-bond acceptors (Lipinski definition) is 6. The van der Waals surface area contributed by atoms with Crippen molar-refractivity contribution in [2.24, 2.45) is 0 Å². The molecule has 8 nitrogen and oxygen atoms in total. The molecule has 3 N–H and O–H groups in total. The molecule has 0 saturated heterocycles. The highest BCUT2D eigenvalue weighted by Crippen LogP contribution is 2.37. The van der Waals surface area contributed by atoms with Gasteiger partial charge in [-0.25, -0.2) is 4.79 Å². The van der Waals surface area contributed by atoms with Gasteiger partial charge in [0, 0.05) is 23.2 Å². The van der Waals surface area contributed by atoms with Crippen LogP contribution in [0.5, 0.6) is 0 Å². The van der Waals surface area contributed by atoms with Gasteiger partial charge in [0.15, 0.2) is 0 Å². The molecule has 178 valence electrons. The minimum absolute atomic E-state index is 0.0271. The number of benzene rings is 2. The summed E-state index contributed by atoms with van der Waals surface area (Å²) < 4.78 is 1.33. The Hall–Kier alpha value is -3.46. The highest BCUT2D eigenvalue weighted by atomic mass is 32.2. The number of fused-ring (bicyclic) bond motifs is 1. The monoisotopic (exact) mass is 479 g/mol. The van der Waals surface area contributed by atoms with E-state index in [0.717, 1.165) is 22.6 Å². The number of aromatic amines is 1. The molecule has 2 aromatic carbocycles. The van der Waals surface area contributed by atoms with Crippen molar-refractivity contribution >= 4 is 34.9 Å². The molecule has 1 unspecified atom stereocenters. The van der Waals surface area contributed by atoms with Crippen LogP contribution < -0.4 is 26.8 Å². The van der Waals surface area contributed by atoms with E-state index in [1.54, 1.807) is 21.6 Å². The van der Waals surface area contributed by atoms with E-state index in [2.05, 4.69) is 11.9 Å². The van der Waals surface area contributed by atoms with Gasteiger partial charge < -0.3 is 15.5 Å². The van der Waals surface area contributed by atoms with Gasteiger partial charge in [0.2, 0.25) is 5.91 Å². The molecule has 1 amide bonds. The van der Waals surface area contributed by atoms with Crippen molar-refractivity contribution in [1.82, 2.24) is 9.55 Å². The molecular weight excluding hydrogens is 450 g/mol. The summed E-state index contributed by atoms with van der Waals surface area (Å²) in [6.07, 6.45) is 0.863. The molecule has 2 heterocycles. The van der Waals surface area contributed by atoms with Crippen LogP contribution in [0.4, 0.5) is 17.2 Å². The Bertz CT molecular complexity index is 1290. The van der Waals surface area contributed by atoms with Crippen LogP contribution in [0.15, 0.2) is 69.1 Å². The van der Waals surface area contributed by atoms with E-state index in [1.807, 2.05) is 61.5 Å². The van der Waals surface area contributed by atoms with Crippen LogP contribution in [0.1, 0.15) is 25.8 Å². The van der Waals surface area contributed by atoms with Crippen molar-refractivity contribution in [2.45, 2.75) is 37.0 Å². The quantitative estimate of drug-likeness (QED) is 0.563. The number of H-pyrrole nitrogens is 1. The lowest BCUT2D eigenvalue weighted by molar-refractivity contribution is -0.117. The zero-order valence-electron chi connectivity index (χ0n) is 19.4. The first-order valence-electron chi connectivity index (χ1n) is 11.4. The first kappa shape index (κ1) is 23.7. The molecule has 1 atom stereocenters. The van der Waals surface area contributed by atoms with E-state index in [9.17, 15) is 14.4 Å². The molecule has 0 aliphatic carbocycles. The summed E-state index contributed by atoms with van der Waals surface area (Å²) in [5.74, 6) is -0.0729. The third-order valence-electron chi connectivity index (χ3n) is 5.97. The Morgan fingerprint density at radius 1 is 1.15 bits per heavy atom. The summed E-state index contributed by atoms with van der Waals surface area (Å²) >= 11 is 1.76. The van der Waals surface area contributed by atoms with Crippen molar-refractivity contribution in [3.8, 4) is 0 Å². The van der Waals surface area contributed by atoms with Crippen LogP contribution in [0.2, 0.25) is 0 Å². The fourth-order valence-electron chi connectivity index (χ4n) is 4.15. The van der Waals surface area contributed by atoms with Gasteiger partial charge in [-0.15, -0.1) is 11.8 Å². The standard InChI is InChI=1S/C25H29N5O3S/c1-3-28(16-21(31)29-14-13-17(2)34-20-12-8-7-11-19(20)29)22-23(26)30(25(33)27-24(22)32)15-18-9-5-4-6-10-18/h4-12,17H,3,13-16,26H2,1-2H3,(H,27,32,33). The van der Waals surface area contributed by atoms with E-state index in [4.69, 9.17) is 5.73 Å². The van der Waals surface area contributed by atoms with E-state index in [1.165, 1.54) is 4.57 Å². The molecule has 4 rings (SSSR count). The number of aromatic nitrogens is 2. The Kier molecular flexibility index (Phi) is 7.12. The van der Waals surface area contributed by atoms with Gasteiger partial charge in [0.25, 0.3) is 5.56 Å². The van der Waals surface area contributed by atoms with Gasteiger partial charge >= 0.3 is 5.69 Å². The highest BCUT2D eigenvalue weighted by molar-refractivity contribution is 8.00. The molecule has 3 aromatic rings. The van der Waals surface area contributed by atoms with Gasteiger partial charge in [-0.05, 0) is 31.0 Å². The van der Waals surface area contributed by atoms with Gasteiger partial charge in [-0.3, -0.25) is 19.1 Å². The lowest BCUT2D eigenvalue weighted by Crippen LogP contribution is -2.45. The maximum absolute atomic E-state index is 13.5. The molecule has 0 spiro atoms. The van der Waals surface area contributed by atoms with E-state index < -0.39 is 11.2 Å². The number of carbonyl (C=O) groups excluding carboxylic acids is 1. The summed E-state index contributed by atoms with van der Waals surface area (Å²) in [7, 11) is 0. The SMILES string of the molecule is CCN(CC(=O)N1CCC(C)Sc2ccccc21)c1c(N)n(Cc2ccccc2)c(=O)[nH]c1=O. The van der Waals surface area contributed by atoms with Crippen molar-refractivity contribution in [2.75, 3.05) is 35.2 Å². The molecule has 34 heavy (non-hydrogen) atoms. The smallest absolute Gasteiger partial charge is 0.330 e. The summed E-state index contributed by atoms with van der Waals surface area (Å²) in [5.41, 5.74) is 7.08. The van der Waals surface area contributed by atoms with E-state index >= 15 is 0 Å². The number of hydrogen-bond donors (Lipinski definition) is 2. The molecule has 0 radical (unpaired) electrons. The van der Waals surface area contributed by atoms with Crippen LogP contribution in [-0.2, 0) is 11.3 Å². The Morgan fingerprint density at radius 3 is 2.59 bits per heavy atom. The molecule has 1 aromatic heterocycles. The molecule has 9 heteroatoms. The third kappa shape index (κ3) is 4.89. The van der Waals surface area contributed by atoms with Crippen LogP contribution in [-0.4, -0.2) is 40.3 Å². The first-order valence-corrected chi connectivity index (χ1v) is 12.2. The maximum atomic E-state index is 13.5. The topological polar surface area (TPSA) is 104 Å². The molecule has 0 fully saturated rings. The zero-order valence-corrected chi connectivity index (χ0v) is 20.2. The summed E-state index contributed by atoms with van der Waals surface area (Å²) in [4.78, 5) is 45.7. The van der Waals surface area contributed by atoms with Crippen molar-refractivity contribution in [1.29, 1.82) is 0 Å². The van der Waals surface area contributed by atoms with Crippen LogP contribution in [0.3, 0.4) is 0 Å². The number of rotatable bonds is 6. The number of carbonyl (C=O) groups is 1. The number of nitrogens with one attached hydrogen (secondary N) is 1. The van der Waals surface area contributed by atoms with Gasteiger partial charge in [0.05, 0.1) is 18.8 Å². The normalized spacial score (nSPS) is 15.5. The lowest BCUT2D eigenvalue weighted by Gasteiger charge is -2.28. The predicted molar refractivity (Wildman–Crippen MR) is 138 cm³/mol. The van der Waals surface area contributed by atoms with Crippen molar-refractivity contribution in [3.63, 3.8) is 0 Å². The fraction of sp³-hybridized carbons (Fsp3) is 0.320. The molecule has 0 bridgehead atoms. The number of amides is 1. The second-order valence-corrected chi connectivity index (χ2v) is 9.79. The van der Waals surface area contributed by atoms with E-state index in [-0.39, 0.29) is 30.5 Å². The minimum Gasteiger partial charge on any atom is -0.383 e. The van der Waals surface area contributed by atoms with Crippen molar-refractivity contribution in [3.05, 3.63) is 81.0 Å². The number of nitrogens with zero attached hydrogens (tertiary/aromatic N) is 3. The maximum Gasteiger partial charge on any atom is 0.330 e. The molecule has 1 aliphatic heterocycles. The van der Waals surface area contributed by atoms with Gasteiger partial charge in [-0.2, -0.15) is 0 Å². The average Bonchev–Trinajstić information content (AvgIpc) is 2.99. The number of para-hydroxylation sites is 1. The zero-order chi connectivity index (χ0) is 24.2. The second kappa shape index (κ2) is 10.2. The van der Waals surface area contributed by atoms with Crippen LogP contribution >= 0.6 is 11.8 Å². The second-order valence-electron chi connectivity index (χ2n) is 8.31. The number of likely N-dealkylation sites (N-methyl/N-ethyl adjacent to an activating group) is 1. The average molecular weight is 480 g/mol. The minimum atomic E-state index is -0.595. The third-order valence-corrected chi connectivity index (χ3v) is 7.20. The Morgan fingerprint density at radius 2 is 1.85 bits per heavy atom. The summed E-state index contributed by atoms with van der Waals surface area (Å²) in [5, 5.41) is 0.390. The molecule has 0 saturated carbocycles. The Balaban J connectivity index is 1.65. The number of anilines is 3. The number of nitrogen functional groups attached to an aromatic ring is 1. The summed E-state index contributed by atoms with van der Waals surface area (Å²) in [6, 6.07) is 17.3. The van der Waals surface area contributed by atoms with Gasteiger partial charge in [0.1, 0.15) is 11.5 Å². The van der Waals surface area contributed by atoms with Gasteiger partial charge in [-0.1, -0.05) is 49.4 Å².